The van der Waals surface area contributed by atoms with Gasteiger partial charge in [0.1, 0.15) is 0 Å². The monoisotopic (exact) mass is 155 g/mol. The molecule has 64 valence electrons. The molecule has 0 unspecified atom stereocenters. The van der Waals surface area contributed by atoms with Gasteiger partial charge in [0.25, 0.3) is 0 Å². The topological polar surface area (TPSA) is 29.1 Å². The Morgan fingerprint density at radius 2 is 2.36 bits per heavy atom. The maximum atomic E-state index is 10.6. The van der Waals surface area contributed by atoms with Gasteiger partial charge in [0, 0.05) is 13.0 Å². The van der Waals surface area contributed by atoms with Crippen molar-refractivity contribution in [2.45, 2.75) is 39.2 Å². The molecule has 0 rings (SSSR count). The number of amides is 1. The van der Waals surface area contributed by atoms with Gasteiger partial charge in [-0.3, -0.25) is 4.79 Å². The molecule has 0 radical (unpaired) electrons. The molecule has 0 aromatic carbocycles. The molecular formula is C9H17NO. The molecule has 0 fully saturated rings. The minimum absolute atomic E-state index is 0.0194. The van der Waals surface area contributed by atoms with Crippen molar-refractivity contribution >= 4 is 5.91 Å². The first-order valence-electron chi connectivity index (χ1n) is 4.10. The summed E-state index contributed by atoms with van der Waals surface area (Å²) in [5, 5.41) is 2.81. The first kappa shape index (κ1) is 10.2. The maximum absolute atomic E-state index is 10.6. The van der Waals surface area contributed by atoms with Gasteiger partial charge in [0.2, 0.25) is 5.91 Å². The van der Waals surface area contributed by atoms with E-state index in [4.69, 9.17) is 0 Å². The third-order valence-corrected chi connectivity index (χ3v) is 1.54. The van der Waals surface area contributed by atoms with E-state index >= 15 is 0 Å². The van der Waals surface area contributed by atoms with Gasteiger partial charge in [-0.2, -0.15) is 0 Å². The molecule has 11 heavy (non-hydrogen) atoms. The molecule has 0 aliphatic heterocycles. The zero-order valence-corrected chi connectivity index (χ0v) is 7.39. The van der Waals surface area contributed by atoms with E-state index in [1.807, 2.05) is 0 Å². The average molecular weight is 155 g/mol. The molecule has 0 aliphatic rings. The quantitative estimate of drug-likeness (QED) is 0.603. The lowest BCUT2D eigenvalue weighted by molar-refractivity contribution is -0.119. The van der Waals surface area contributed by atoms with E-state index < -0.39 is 0 Å². The van der Waals surface area contributed by atoms with Gasteiger partial charge in [-0.15, -0.1) is 6.58 Å². The van der Waals surface area contributed by atoms with Gasteiger partial charge in [-0.25, -0.2) is 0 Å². The van der Waals surface area contributed by atoms with Crippen molar-refractivity contribution in [3.8, 4) is 0 Å². The van der Waals surface area contributed by atoms with Crippen molar-refractivity contribution in [2.24, 2.45) is 0 Å². The van der Waals surface area contributed by atoms with Crippen LogP contribution in [0.1, 0.15) is 33.1 Å². The third kappa shape index (κ3) is 5.64. The van der Waals surface area contributed by atoms with E-state index in [0.717, 1.165) is 19.3 Å². The molecule has 0 saturated heterocycles. The largest absolute Gasteiger partial charge is 0.350 e. The first-order valence-corrected chi connectivity index (χ1v) is 4.10. The molecule has 0 aromatic rings. The summed E-state index contributed by atoms with van der Waals surface area (Å²) in [6, 6.07) is 0.160. The lowest BCUT2D eigenvalue weighted by atomic mass is 10.1. The Bertz CT molecular complexity index is 132. The van der Waals surface area contributed by atoms with E-state index in [0.29, 0.717) is 0 Å². The predicted molar refractivity (Wildman–Crippen MR) is 47.3 cm³/mol. The summed E-state index contributed by atoms with van der Waals surface area (Å²) in [6.45, 7) is 7.32. The van der Waals surface area contributed by atoms with Crippen LogP contribution in [0.15, 0.2) is 12.7 Å². The van der Waals surface area contributed by atoms with Crippen LogP contribution < -0.4 is 5.32 Å². The Morgan fingerprint density at radius 3 is 2.73 bits per heavy atom. The number of rotatable bonds is 5. The average Bonchev–Trinajstić information content (AvgIpc) is 1.97. The summed E-state index contributed by atoms with van der Waals surface area (Å²) in [5.41, 5.74) is 0. The summed E-state index contributed by atoms with van der Waals surface area (Å²) in [4.78, 5) is 10.6. The van der Waals surface area contributed by atoms with Gasteiger partial charge in [-0.05, 0) is 6.42 Å². The van der Waals surface area contributed by atoms with Crippen LogP contribution in [0, 0.1) is 0 Å². The van der Waals surface area contributed by atoms with Gasteiger partial charge in [-0.1, -0.05) is 25.8 Å². The van der Waals surface area contributed by atoms with Crippen molar-refractivity contribution in [2.75, 3.05) is 0 Å². The first-order chi connectivity index (χ1) is 5.20. The zero-order valence-electron chi connectivity index (χ0n) is 7.39. The Balaban J connectivity index is 3.57. The minimum Gasteiger partial charge on any atom is -0.350 e. The minimum atomic E-state index is 0.0194. The highest BCUT2D eigenvalue weighted by atomic mass is 16.1. The van der Waals surface area contributed by atoms with E-state index in [1.54, 1.807) is 6.08 Å². The molecule has 0 aromatic heterocycles. The smallest absolute Gasteiger partial charge is 0.217 e. The summed E-state index contributed by atoms with van der Waals surface area (Å²) >= 11 is 0. The summed E-state index contributed by atoms with van der Waals surface area (Å²) < 4.78 is 0. The molecule has 0 bridgehead atoms. The van der Waals surface area contributed by atoms with E-state index in [2.05, 4.69) is 18.8 Å². The standard InChI is InChI=1S/C9H17NO/c1-4-6-7-9(5-2)10-8(3)11/h5,9H,2,4,6-7H2,1,3H3,(H,10,11)/t9-/m0/s1. The zero-order chi connectivity index (χ0) is 8.69. The van der Waals surface area contributed by atoms with Crippen LogP contribution in [0.25, 0.3) is 0 Å². The fraction of sp³-hybridized carbons (Fsp3) is 0.667. The fourth-order valence-electron chi connectivity index (χ4n) is 0.934. The molecule has 2 heteroatoms. The number of carbonyl (C=O) groups is 1. The molecule has 2 nitrogen and oxygen atoms in total. The van der Waals surface area contributed by atoms with Gasteiger partial charge < -0.3 is 5.32 Å². The molecule has 0 spiro atoms. The van der Waals surface area contributed by atoms with Crippen LogP contribution in [0.5, 0.6) is 0 Å². The lowest BCUT2D eigenvalue weighted by Crippen LogP contribution is -2.30. The van der Waals surface area contributed by atoms with Crippen molar-refractivity contribution in [1.82, 2.24) is 5.32 Å². The van der Waals surface area contributed by atoms with Crippen molar-refractivity contribution in [1.29, 1.82) is 0 Å². The number of hydrogen-bond acceptors (Lipinski definition) is 1. The second kappa shape index (κ2) is 5.96. The predicted octanol–water partition coefficient (Wildman–Crippen LogP) is 1.87. The number of nitrogens with one attached hydrogen (secondary N) is 1. The molecule has 1 N–H and O–H groups in total. The lowest BCUT2D eigenvalue weighted by Gasteiger charge is -2.11. The van der Waals surface area contributed by atoms with Crippen LogP contribution in [-0.4, -0.2) is 11.9 Å². The van der Waals surface area contributed by atoms with E-state index in [-0.39, 0.29) is 11.9 Å². The highest BCUT2D eigenvalue weighted by Gasteiger charge is 2.02. The SMILES string of the molecule is C=C[C@@H](CCCC)NC(C)=O. The molecule has 0 saturated carbocycles. The number of unbranched alkanes of at least 4 members (excludes halogenated alkanes) is 1. The molecule has 1 atom stereocenters. The normalized spacial score (nSPS) is 12.2. The van der Waals surface area contributed by atoms with Gasteiger partial charge in [0.05, 0.1) is 0 Å². The van der Waals surface area contributed by atoms with Crippen LogP contribution >= 0.6 is 0 Å². The van der Waals surface area contributed by atoms with Gasteiger partial charge in [0.15, 0.2) is 0 Å². The Hall–Kier alpha value is -0.790. The summed E-state index contributed by atoms with van der Waals surface area (Å²) in [5.74, 6) is 0.0194. The molecule has 0 heterocycles. The third-order valence-electron chi connectivity index (χ3n) is 1.54. The van der Waals surface area contributed by atoms with E-state index in [1.165, 1.54) is 6.92 Å². The van der Waals surface area contributed by atoms with Crippen LogP contribution in [0.4, 0.5) is 0 Å². The Kier molecular flexibility index (Phi) is 5.53. The van der Waals surface area contributed by atoms with E-state index in [9.17, 15) is 4.79 Å². The van der Waals surface area contributed by atoms with Crippen LogP contribution in [0.3, 0.4) is 0 Å². The molecule has 1 amide bonds. The second-order valence-electron chi connectivity index (χ2n) is 2.68. The van der Waals surface area contributed by atoms with Crippen LogP contribution in [-0.2, 0) is 4.79 Å². The highest BCUT2D eigenvalue weighted by Crippen LogP contribution is 2.00. The highest BCUT2D eigenvalue weighted by molar-refractivity contribution is 5.73. The second-order valence-corrected chi connectivity index (χ2v) is 2.68. The molecule has 0 aliphatic carbocycles. The Labute approximate surface area is 68.7 Å². The summed E-state index contributed by atoms with van der Waals surface area (Å²) in [6.07, 6.45) is 5.08. The van der Waals surface area contributed by atoms with Crippen molar-refractivity contribution in [3.63, 3.8) is 0 Å². The fourth-order valence-corrected chi connectivity index (χ4v) is 0.934. The van der Waals surface area contributed by atoms with Crippen molar-refractivity contribution in [3.05, 3.63) is 12.7 Å². The van der Waals surface area contributed by atoms with Gasteiger partial charge >= 0.3 is 0 Å². The maximum Gasteiger partial charge on any atom is 0.217 e. The molecular weight excluding hydrogens is 138 g/mol. The summed E-state index contributed by atoms with van der Waals surface area (Å²) in [7, 11) is 0. The number of carbonyl (C=O) groups excluding carboxylic acids is 1. The van der Waals surface area contributed by atoms with Crippen LogP contribution in [0.2, 0.25) is 0 Å². The Morgan fingerprint density at radius 1 is 1.73 bits per heavy atom. The number of hydrogen-bond donors (Lipinski definition) is 1. The van der Waals surface area contributed by atoms with Crippen molar-refractivity contribution < 1.29 is 4.79 Å².